The van der Waals surface area contributed by atoms with Crippen LogP contribution in [0, 0.1) is 6.92 Å². The number of amides is 1. The maximum absolute atomic E-state index is 12.1. The molecule has 6 nitrogen and oxygen atoms in total. The molecule has 0 bridgehead atoms. The average Bonchev–Trinajstić information content (AvgIpc) is 3.04. The third kappa shape index (κ3) is 4.10. The van der Waals surface area contributed by atoms with Crippen molar-refractivity contribution in [3.8, 4) is 0 Å². The summed E-state index contributed by atoms with van der Waals surface area (Å²) in [6.45, 7) is 1.98. The van der Waals surface area contributed by atoms with Crippen LogP contribution in [0.3, 0.4) is 0 Å². The highest BCUT2D eigenvalue weighted by atomic mass is 32.2. The minimum absolute atomic E-state index is 0.0394. The summed E-state index contributed by atoms with van der Waals surface area (Å²) < 4.78 is 1.89. The molecular weight excluding hydrogens is 310 g/mol. The number of carbonyl (C=O) groups excluding carboxylic acids is 1. The monoisotopic (exact) mass is 331 g/mol. The quantitative estimate of drug-likeness (QED) is 0.852. The molecule has 0 aliphatic heterocycles. The van der Waals surface area contributed by atoms with Gasteiger partial charge in [-0.05, 0) is 41.8 Å². The Hall–Kier alpha value is -1.89. The van der Waals surface area contributed by atoms with E-state index in [0.717, 1.165) is 29.2 Å². The molecule has 1 saturated carbocycles. The zero-order valence-corrected chi connectivity index (χ0v) is 14.1. The molecule has 1 heterocycles. The second-order valence-electron chi connectivity index (χ2n) is 5.85. The van der Waals surface area contributed by atoms with Crippen LogP contribution in [0.25, 0.3) is 0 Å². The Kier molecular flexibility index (Phi) is 5.27. The number of nitrogens with zero attached hydrogens (tertiary/aromatic N) is 4. The third-order valence-corrected chi connectivity index (χ3v) is 5.07. The van der Waals surface area contributed by atoms with Gasteiger partial charge in [0.2, 0.25) is 11.1 Å². The number of anilines is 1. The molecule has 3 rings (SSSR count). The zero-order chi connectivity index (χ0) is 16.1. The standard InChI is InChI=1S/C16H21N5OS/c1-12-7-5-6-10-14(12)17-15(22)11-23-16-18-19-20-21(16)13-8-3-2-4-9-13/h5-7,10,13H,2-4,8-9,11H2,1H3,(H,17,22). The molecule has 7 heteroatoms. The van der Waals surface area contributed by atoms with Crippen LogP contribution in [-0.4, -0.2) is 31.9 Å². The van der Waals surface area contributed by atoms with Crippen molar-refractivity contribution in [2.45, 2.75) is 50.2 Å². The highest BCUT2D eigenvalue weighted by Gasteiger charge is 2.20. The van der Waals surface area contributed by atoms with E-state index < -0.39 is 0 Å². The number of thioether (sulfide) groups is 1. The van der Waals surface area contributed by atoms with Gasteiger partial charge in [0.25, 0.3) is 0 Å². The molecule has 1 aliphatic carbocycles. The van der Waals surface area contributed by atoms with Crippen LogP contribution < -0.4 is 5.32 Å². The van der Waals surface area contributed by atoms with Gasteiger partial charge in [-0.1, -0.05) is 49.2 Å². The van der Waals surface area contributed by atoms with Crippen LogP contribution in [0.4, 0.5) is 5.69 Å². The second kappa shape index (κ2) is 7.59. The lowest BCUT2D eigenvalue weighted by atomic mass is 9.96. The Morgan fingerprint density at radius 2 is 2.09 bits per heavy atom. The maximum atomic E-state index is 12.1. The largest absolute Gasteiger partial charge is 0.325 e. The van der Waals surface area contributed by atoms with E-state index in [-0.39, 0.29) is 5.91 Å². The molecule has 1 aliphatic rings. The number of para-hydroxylation sites is 1. The molecule has 0 unspecified atom stereocenters. The number of hydrogen-bond donors (Lipinski definition) is 1. The average molecular weight is 331 g/mol. The predicted molar refractivity (Wildman–Crippen MR) is 90.5 cm³/mol. The zero-order valence-electron chi connectivity index (χ0n) is 13.2. The number of rotatable bonds is 5. The Bertz CT molecular complexity index is 666. The number of aromatic nitrogens is 4. The van der Waals surface area contributed by atoms with Crippen LogP contribution >= 0.6 is 11.8 Å². The third-order valence-electron chi connectivity index (χ3n) is 4.13. The van der Waals surface area contributed by atoms with E-state index in [1.54, 1.807) is 0 Å². The van der Waals surface area contributed by atoms with E-state index in [9.17, 15) is 4.79 Å². The fraction of sp³-hybridized carbons (Fsp3) is 0.500. The first-order valence-corrected chi connectivity index (χ1v) is 8.99. The maximum Gasteiger partial charge on any atom is 0.234 e. The first kappa shape index (κ1) is 16.0. The molecule has 1 aromatic heterocycles. The topological polar surface area (TPSA) is 72.7 Å². The van der Waals surface area contributed by atoms with Crippen molar-refractivity contribution in [3.05, 3.63) is 29.8 Å². The molecule has 0 saturated heterocycles. The highest BCUT2D eigenvalue weighted by Crippen LogP contribution is 2.30. The van der Waals surface area contributed by atoms with E-state index in [0.29, 0.717) is 11.8 Å². The summed E-state index contributed by atoms with van der Waals surface area (Å²) in [7, 11) is 0. The SMILES string of the molecule is Cc1ccccc1NC(=O)CSc1nnnn1C1CCCCC1. The molecule has 0 atom stereocenters. The fourth-order valence-electron chi connectivity index (χ4n) is 2.86. The van der Waals surface area contributed by atoms with Gasteiger partial charge in [-0.2, -0.15) is 0 Å². The van der Waals surface area contributed by atoms with Gasteiger partial charge < -0.3 is 5.32 Å². The first-order valence-electron chi connectivity index (χ1n) is 8.00. The number of benzene rings is 1. The van der Waals surface area contributed by atoms with Crippen molar-refractivity contribution in [1.29, 1.82) is 0 Å². The van der Waals surface area contributed by atoms with Crippen molar-refractivity contribution in [2.75, 3.05) is 11.1 Å². The van der Waals surface area contributed by atoms with Gasteiger partial charge in [0.05, 0.1) is 11.8 Å². The van der Waals surface area contributed by atoms with Crippen LogP contribution in [0.15, 0.2) is 29.4 Å². The molecule has 1 amide bonds. The number of hydrogen-bond acceptors (Lipinski definition) is 5. The lowest BCUT2D eigenvalue weighted by molar-refractivity contribution is -0.113. The minimum atomic E-state index is -0.0394. The molecular formula is C16H21N5OS. The molecule has 1 aromatic carbocycles. The molecule has 1 fully saturated rings. The summed E-state index contributed by atoms with van der Waals surface area (Å²) in [5.41, 5.74) is 1.91. The summed E-state index contributed by atoms with van der Waals surface area (Å²) in [6.07, 6.45) is 5.98. The minimum Gasteiger partial charge on any atom is -0.325 e. The lowest BCUT2D eigenvalue weighted by Gasteiger charge is -2.21. The van der Waals surface area contributed by atoms with Crippen LogP contribution in [0.1, 0.15) is 43.7 Å². The second-order valence-corrected chi connectivity index (χ2v) is 6.79. The molecule has 2 aromatic rings. The number of carbonyl (C=O) groups is 1. The van der Waals surface area contributed by atoms with Crippen molar-refractivity contribution in [1.82, 2.24) is 20.2 Å². The Morgan fingerprint density at radius 3 is 2.87 bits per heavy atom. The molecule has 0 radical (unpaired) electrons. The Balaban J connectivity index is 1.57. The van der Waals surface area contributed by atoms with E-state index in [1.807, 2.05) is 35.9 Å². The van der Waals surface area contributed by atoms with Crippen molar-refractivity contribution >= 4 is 23.4 Å². The van der Waals surface area contributed by atoms with Gasteiger partial charge in [-0.25, -0.2) is 4.68 Å². The van der Waals surface area contributed by atoms with Gasteiger partial charge in [0, 0.05) is 5.69 Å². The van der Waals surface area contributed by atoms with E-state index in [1.165, 1.54) is 31.0 Å². The van der Waals surface area contributed by atoms with Gasteiger partial charge in [0.1, 0.15) is 0 Å². The Morgan fingerprint density at radius 1 is 1.30 bits per heavy atom. The summed E-state index contributed by atoms with van der Waals surface area (Å²) in [5.74, 6) is 0.268. The summed E-state index contributed by atoms with van der Waals surface area (Å²) in [6, 6.07) is 8.13. The van der Waals surface area contributed by atoms with E-state index in [4.69, 9.17) is 0 Å². The van der Waals surface area contributed by atoms with Crippen molar-refractivity contribution < 1.29 is 4.79 Å². The van der Waals surface area contributed by atoms with Crippen LogP contribution in [0.2, 0.25) is 0 Å². The van der Waals surface area contributed by atoms with Gasteiger partial charge >= 0.3 is 0 Å². The fourth-order valence-corrected chi connectivity index (χ4v) is 3.61. The smallest absolute Gasteiger partial charge is 0.234 e. The molecule has 0 spiro atoms. The Labute approximate surface area is 140 Å². The summed E-state index contributed by atoms with van der Waals surface area (Å²) in [4.78, 5) is 12.1. The predicted octanol–water partition coefficient (Wildman–Crippen LogP) is 3.22. The lowest BCUT2D eigenvalue weighted by Crippen LogP contribution is -2.17. The van der Waals surface area contributed by atoms with E-state index in [2.05, 4.69) is 20.8 Å². The van der Waals surface area contributed by atoms with Gasteiger partial charge in [-0.3, -0.25) is 4.79 Å². The molecule has 1 N–H and O–H groups in total. The number of tetrazole rings is 1. The van der Waals surface area contributed by atoms with Crippen molar-refractivity contribution in [2.24, 2.45) is 0 Å². The number of nitrogens with one attached hydrogen (secondary N) is 1. The van der Waals surface area contributed by atoms with E-state index >= 15 is 0 Å². The summed E-state index contributed by atoms with van der Waals surface area (Å²) in [5, 5.41) is 15.6. The van der Waals surface area contributed by atoms with Crippen LogP contribution in [0.5, 0.6) is 0 Å². The number of aryl methyl sites for hydroxylation is 1. The van der Waals surface area contributed by atoms with Gasteiger partial charge in [0.15, 0.2) is 0 Å². The van der Waals surface area contributed by atoms with Gasteiger partial charge in [-0.15, -0.1) is 5.10 Å². The summed E-state index contributed by atoms with van der Waals surface area (Å²) >= 11 is 1.40. The molecule has 23 heavy (non-hydrogen) atoms. The first-order chi connectivity index (χ1) is 11.2. The molecule has 122 valence electrons. The normalized spacial score (nSPS) is 15.5. The van der Waals surface area contributed by atoms with Crippen molar-refractivity contribution in [3.63, 3.8) is 0 Å². The highest BCUT2D eigenvalue weighted by molar-refractivity contribution is 7.99. The van der Waals surface area contributed by atoms with Crippen LogP contribution in [-0.2, 0) is 4.79 Å².